The molecule has 8 nitrogen and oxygen atoms in total. The Morgan fingerprint density at radius 2 is 1.61 bits per heavy atom. The molecule has 1 N–H and O–H groups in total. The first kappa shape index (κ1) is 18.8. The molecule has 1 unspecified atom stereocenters. The van der Waals surface area contributed by atoms with Gasteiger partial charge in [0.2, 0.25) is 11.8 Å². The number of hydrogen-bond acceptors (Lipinski definition) is 6. The lowest BCUT2D eigenvalue weighted by molar-refractivity contribution is -0.136. The Kier molecular flexibility index (Phi) is 4.03. The second kappa shape index (κ2) is 5.99. The van der Waals surface area contributed by atoms with Gasteiger partial charge in [-0.05, 0) is 51.7 Å². The van der Waals surface area contributed by atoms with Gasteiger partial charge in [0.15, 0.2) is 0 Å². The topological polar surface area (TPSA) is 102 Å². The number of amides is 4. The van der Waals surface area contributed by atoms with E-state index in [0.29, 0.717) is 5.46 Å². The van der Waals surface area contributed by atoms with Crippen LogP contribution in [0.15, 0.2) is 18.2 Å². The molecule has 4 amide bonds. The van der Waals surface area contributed by atoms with Crippen molar-refractivity contribution in [3.8, 4) is 0 Å². The molecule has 0 aromatic heterocycles. The summed E-state index contributed by atoms with van der Waals surface area (Å²) < 4.78 is 12.0. The monoisotopic (exact) mass is 384 g/mol. The predicted molar refractivity (Wildman–Crippen MR) is 98.8 cm³/mol. The third-order valence-electron chi connectivity index (χ3n) is 5.99. The fourth-order valence-electron chi connectivity index (χ4n) is 3.61. The Labute approximate surface area is 162 Å². The summed E-state index contributed by atoms with van der Waals surface area (Å²) >= 11 is 0. The van der Waals surface area contributed by atoms with Gasteiger partial charge in [0.1, 0.15) is 6.04 Å². The molecule has 9 heteroatoms. The molecule has 28 heavy (non-hydrogen) atoms. The number of piperidine rings is 1. The molecule has 0 radical (unpaired) electrons. The molecule has 146 valence electrons. The van der Waals surface area contributed by atoms with Gasteiger partial charge in [-0.25, -0.2) is 0 Å². The maximum Gasteiger partial charge on any atom is 0.494 e. The minimum atomic E-state index is -0.981. The smallest absolute Gasteiger partial charge is 0.399 e. The zero-order valence-electron chi connectivity index (χ0n) is 16.2. The fourth-order valence-corrected chi connectivity index (χ4v) is 3.61. The first-order chi connectivity index (χ1) is 13.0. The van der Waals surface area contributed by atoms with E-state index in [-0.39, 0.29) is 24.0 Å². The number of rotatable bonds is 2. The van der Waals surface area contributed by atoms with Crippen LogP contribution in [-0.2, 0) is 18.9 Å². The SMILES string of the molecule is CC1(C)OB(c2ccc3c(c2)C(=O)N(C2CCC(=O)NC2=O)C3=O)OC1(C)C. The highest BCUT2D eigenvalue weighted by Gasteiger charge is 2.52. The van der Waals surface area contributed by atoms with Crippen molar-refractivity contribution in [2.45, 2.75) is 57.8 Å². The van der Waals surface area contributed by atoms with Crippen LogP contribution < -0.4 is 10.8 Å². The molecule has 1 aromatic carbocycles. The summed E-state index contributed by atoms with van der Waals surface area (Å²) in [7, 11) is -0.664. The maximum atomic E-state index is 12.9. The van der Waals surface area contributed by atoms with Crippen LogP contribution in [0.4, 0.5) is 0 Å². The van der Waals surface area contributed by atoms with Crippen LogP contribution in [0, 0.1) is 0 Å². The second-order valence-corrected chi connectivity index (χ2v) is 8.34. The summed E-state index contributed by atoms with van der Waals surface area (Å²) in [6.07, 6.45) is 0.212. The van der Waals surface area contributed by atoms with Crippen molar-refractivity contribution >= 4 is 36.2 Å². The van der Waals surface area contributed by atoms with E-state index in [1.54, 1.807) is 18.2 Å². The predicted octanol–water partition coefficient (Wildman–Crippen LogP) is 0.387. The lowest BCUT2D eigenvalue weighted by Crippen LogP contribution is -2.54. The number of nitrogens with zero attached hydrogens (tertiary/aromatic N) is 1. The summed E-state index contributed by atoms with van der Waals surface area (Å²) in [6.45, 7) is 7.72. The lowest BCUT2D eigenvalue weighted by atomic mass is 9.78. The molecule has 0 spiro atoms. The number of hydrogen-bond donors (Lipinski definition) is 1. The van der Waals surface area contributed by atoms with Gasteiger partial charge in [0.25, 0.3) is 11.8 Å². The average molecular weight is 384 g/mol. The van der Waals surface area contributed by atoms with Crippen molar-refractivity contribution in [3.63, 3.8) is 0 Å². The summed E-state index contributed by atoms with van der Waals surface area (Å²) in [5.41, 5.74) is 0.00501. The highest BCUT2D eigenvalue weighted by Crippen LogP contribution is 2.37. The Hall–Kier alpha value is -2.52. The van der Waals surface area contributed by atoms with Crippen LogP contribution in [0.3, 0.4) is 0 Å². The van der Waals surface area contributed by atoms with Crippen molar-refractivity contribution in [2.75, 3.05) is 0 Å². The van der Waals surface area contributed by atoms with E-state index in [4.69, 9.17) is 9.31 Å². The van der Waals surface area contributed by atoms with Gasteiger partial charge in [0, 0.05) is 6.42 Å². The zero-order chi connectivity index (χ0) is 20.4. The van der Waals surface area contributed by atoms with E-state index in [0.717, 1.165) is 4.90 Å². The fraction of sp³-hybridized carbons (Fsp3) is 0.474. The molecule has 3 heterocycles. The van der Waals surface area contributed by atoms with Crippen LogP contribution in [0.1, 0.15) is 61.3 Å². The van der Waals surface area contributed by atoms with E-state index in [1.807, 2.05) is 27.7 Å². The Balaban J connectivity index is 1.63. The van der Waals surface area contributed by atoms with Gasteiger partial charge >= 0.3 is 7.12 Å². The molecule has 4 rings (SSSR count). The maximum absolute atomic E-state index is 12.9. The van der Waals surface area contributed by atoms with Crippen molar-refractivity contribution in [1.82, 2.24) is 10.2 Å². The van der Waals surface area contributed by atoms with Crippen molar-refractivity contribution in [2.24, 2.45) is 0 Å². The highest BCUT2D eigenvalue weighted by atomic mass is 16.7. The average Bonchev–Trinajstić information content (AvgIpc) is 2.98. The number of carbonyl (C=O) groups is 4. The molecule has 0 aliphatic carbocycles. The summed E-state index contributed by atoms with van der Waals surface area (Å²) in [5, 5.41) is 2.18. The molecule has 3 aliphatic rings. The molecule has 2 saturated heterocycles. The minimum Gasteiger partial charge on any atom is -0.399 e. The number of fused-ring (bicyclic) bond motifs is 1. The van der Waals surface area contributed by atoms with Crippen LogP contribution in [0.5, 0.6) is 0 Å². The van der Waals surface area contributed by atoms with E-state index in [2.05, 4.69) is 5.32 Å². The number of nitrogens with one attached hydrogen (secondary N) is 1. The first-order valence-electron chi connectivity index (χ1n) is 9.23. The Morgan fingerprint density at radius 1 is 1.00 bits per heavy atom. The molecular weight excluding hydrogens is 363 g/mol. The molecule has 1 atom stereocenters. The van der Waals surface area contributed by atoms with E-state index >= 15 is 0 Å². The van der Waals surface area contributed by atoms with Crippen molar-refractivity contribution in [3.05, 3.63) is 29.3 Å². The number of carbonyl (C=O) groups excluding carboxylic acids is 4. The van der Waals surface area contributed by atoms with Gasteiger partial charge in [-0.15, -0.1) is 0 Å². The molecular formula is C19H21BN2O6. The molecule has 2 fully saturated rings. The van der Waals surface area contributed by atoms with Crippen molar-refractivity contribution in [1.29, 1.82) is 0 Å². The Morgan fingerprint density at radius 3 is 2.21 bits per heavy atom. The largest absolute Gasteiger partial charge is 0.494 e. The summed E-state index contributed by atoms with van der Waals surface area (Å²) in [5.74, 6) is -2.11. The lowest BCUT2D eigenvalue weighted by Gasteiger charge is -2.32. The van der Waals surface area contributed by atoms with E-state index < -0.39 is 48.0 Å². The quantitative estimate of drug-likeness (QED) is 0.585. The Bertz CT molecular complexity index is 909. The third-order valence-corrected chi connectivity index (χ3v) is 5.99. The molecule has 3 aliphatic heterocycles. The van der Waals surface area contributed by atoms with E-state index in [1.165, 1.54) is 0 Å². The van der Waals surface area contributed by atoms with Crippen LogP contribution >= 0.6 is 0 Å². The first-order valence-corrected chi connectivity index (χ1v) is 9.23. The number of imide groups is 2. The minimum absolute atomic E-state index is 0.0863. The normalized spacial score (nSPS) is 25.9. The highest BCUT2D eigenvalue weighted by molar-refractivity contribution is 6.62. The van der Waals surface area contributed by atoms with Crippen LogP contribution in [-0.4, -0.2) is 52.9 Å². The molecule has 1 aromatic rings. The zero-order valence-corrected chi connectivity index (χ0v) is 16.2. The van der Waals surface area contributed by atoms with E-state index in [9.17, 15) is 19.2 Å². The van der Waals surface area contributed by atoms with Gasteiger partial charge < -0.3 is 9.31 Å². The van der Waals surface area contributed by atoms with Gasteiger partial charge in [-0.2, -0.15) is 0 Å². The van der Waals surface area contributed by atoms with Crippen molar-refractivity contribution < 1.29 is 28.5 Å². The van der Waals surface area contributed by atoms with Crippen LogP contribution in [0.25, 0.3) is 0 Å². The van der Waals surface area contributed by atoms with Crippen LogP contribution in [0.2, 0.25) is 0 Å². The second-order valence-electron chi connectivity index (χ2n) is 8.34. The molecule has 0 bridgehead atoms. The molecule has 0 saturated carbocycles. The van der Waals surface area contributed by atoms with Gasteiger partial charge in [-0.3, -0.25) is 29.4 Å². The standard InChI is InChI=1S/C19H21BN2O6/c1-18(2)19(3,4)28-20(27-18)10-5-6-11-12(9-10)17(26)22(16(11)25)13-7-8-14(23)21-15(13)24/h5-6,9,13H,7-8H2,1-4H3,(H,21,23,24). The van der Waals surface area contributed by atoms with Gasteiger partial charge in [0.05, 0.1) is 22.3 Å². The summed E-state index contributed by atoms with van der Waals surface area (Å²) in [6, 6.07) is 3.86. The summed E-state index contributed by atoms with van der Waals surface area (Å²) in [4.78, 5) is 50.1. The van der Waals surface area contributed by atoms with Gasteiger partial charge in [-0.1, -0.05) is 6.07 Å². The third kappa shape index (κ3) is 2.69. The number of benzene rings is 1.